The Morgan fingerprint density at radius 3 is 2.64 bits per heavy atom. The topological polar surface area (TPSA) is 65.4 Å². The van der Waals surface area contributed by atoms with Crippen LogP contribution in [0.25, 0.3) is 16.6 Å². The van der Waals surface area contributed by atoms with Crippen molar-refractivity contribution < 1.29 is 4.74 Å². The molecule has 8 nitrogen and oxygen atoms in total. The van der Waals surface area contributed by atoms with Crippen LogP contribution in [0.4, 0.5) is 0 Å². The zero-order valence-corrected chi connectivity index (χ0v) is 16.8. The van der Waals surface area contributed by atoms with Gasteiger partial charge in [-0.15, -0.1) is 0 Å². The molecule has 0 N–H and O–H groups in total. The lowest BCUT2D eigenvalue weighted by Gasteiger charge is -2.06. The molecule has 9 heteroatoms. The van der Waals surface area contributed by atoms with Crippen LogP contribution in [0.3, 0.4) is 0 Å². The average Bonchev–Trinajstić information content (AvgIpc) is 3.38. The first kappa shape index (κ1) is 18.2. The predicted octanol–water partition coefficient (Wildman–Crippen LogP) is 2.31. The first-order valence-electron chi connectivity index (χ1n) is 8.49. The Balaban J connectivity index is 1.70. The largest absolute Gasteiger partial charge is 0.494 e. The van der Waals surface area contributed by atoms with Gasteiger partial charge in [0.05, 0.1) is 31.3 Å². The summed E-state index contributed by atoms with van der Waals surface area (Å²) in [6.45, 7) is 0. The molecule has 4 heterocycles. The predicted molar refractivity (Wildman–Crippen MR) is 109 cm³/mol. The summed E-state index contributed by atoms with van der Waals surface area (Å²) in [7, 11) is 7.48. The zero-order valence-electron chi connectivity index (χ0n) is 16.0. The second-order valence-corrected chi connectivity index (χ2v) is 7.63. The summed E-state index contributed by atoms with van der Waals surface area (Å²) in [5.41, 5.74) is 4.27. The van der Waals surface area contributed by atoms with E-state index >= 15 is 0 Å². The van der Waals surface area contributed by atoms with E-state index in [0.29, 0.717) is 11.4 Å². The summed E-state index contributed by atoms with van der Waals surface area (Å²) in [6.07, 6.45) is 11.1. The van der Waals surface area contributed by atoms with Gasteiger partial charge in [-0.2, -0.15) is 10.2 Å². The van der Waals surface area contributed by atoms with Crippen molar-refractivity contribution in [1.29, 1.82) is 0 Å². The Hall–Kier alpha value is -3.22. The highest BCUT2D eigenvalue weighted by Crippen LogP contribution is 2.29. The zero-order chi connectivity index (χ0) is 19.7. The fourth-order valence-corrected chi connectivity index (χ4v) is 3.41. The molecule has 0 atom stereocenters. The standard InChI is InChI=1S/C19H19N7OS/c1-23(2)28-25-12-17(20-13-25)6-5-14-8-22-26-11-15(7-18(27-4)19(14)26)16-9-21-24(3)10-16/h7-13H,1-4H3. The highest BCUT2D eigenvalue weighted by molar-refractivity contribution is 7.95. The molecule has 0 spiro atoms. The van der Waals surface area contributed by atoms with E-state index in [9.17, 15) is 0 Å². The maximum absolute atomic E-state index is 5.61. The molecular formula is C19H19N7OS. The van der Waals surface area contributed by atoms with Crippen molar-refractivity contribution in [3.05, 3.63) is 54.6 Å². The van der Waals surface area contributed by atoms with Crippen LogP contribution in [0.5, 0.6) is 5.75 Å². The summed E-state index contributed by atoms with van der Waals surface area (Å²) in [5.74, 6) is 6.96. The van der Waals surface area contributed by atoms with E-state index in [1.165, 1.54) is 12.1 Å². The van der Waals surface area contributed by atoms with E-state index in [2.05, 4.69) is 27.0 Å². The second-order valence-electron chi connectivity index (χ2n) is 6.31. The van der Waals surface area contributed by atoms with Gasteiger partial charge >= 0.3 is 0 Å². The maximum Gasteiger partial charge on any atom is 0.146 e. The van der Waals surface area contributed by atoms with E-state index in [4.69, 9.17) is 4.74 Å². The number of methoxy groups -OCH3 is 1. The van der Waals surface area contributed by atoms with Crippen LogP contribution < -0.4 is 4.74 Å². The molecule has 4 aromatic heterocycles. The lowest BCUT2D eigenvalue weighted by Crippen LogP contribution is -2.02. The number of rotatable bonds is 4. The Morgan fingerprint density at radius 1 is 1.07 bits per heavy atom. The molecule has 4 rings (SSSR count). The van der Waals surface area contributed by atoms with Crippen molar-refractivity contribution in [2.75, 3.05) is 21.2 Å². The molecule has 0 aliphatic carbocycles. The first-order chi connectivity index (χ1) is 13.5. The van der Waals surface area contributed by atoms with E-state index < -0.39 is 0 Å². The minimum Gasteiger partial charge on any atom is -0.494 e. The highest BCUT2D eigenvalue weighted by Gasteiger charge is 2.12. The number of pyridine rings is 1. The van der Waals surface area contributed by atoms with Crippen molar-refractivity contribution in [2.45, 2.75) is 0 Å². The quantitative estimate of drug-likeness (QED) is 0.392. The third-order valence-corrected chi connectivity index (χ3v) is 4.69. The maximum atomic E-state index is 5.61. The molecule has 4 aromatic rings. The Kier molecular flexibility index (Phi) is 4.81. The number of nitrogens with zero attached hydrogens (tertiary/aromatic N) is 7. The molecule has 0 bridgehead atoms. The summed E-state index contributed by atoms with van der Waals surface area (Å²) >= 11 is 1.53. The third-order valence-electron chi connectivity index (χ3n) is 3.98. The van der Waals surface area contributed by atoms with Gasteiger partial charge in [0.25, 0.3) is 0 Å². The van der Waals surface area contributed by atoms with Gasteiger partial charge < -0.3 is 4.74 Å². The molecule has 0 aliphatic rings. The lowest BCUT2D eigenvalue weighted by atomic mass is 10.1. The number of fused-ring (bicyclic) bond motifs is 1. The summed E-state index contributed by atoms with van der Waals surface area (Å²) < 4.78 is 13.0. The second kappa shape index (κ2) is 7.42. The smallest absolute Gasteiger partial charge is 0.146 e. The van der Waals surface area contributed by atoms with Crippen LogP contribution in [0, 0.1) is 11.8 Å². The van der Waals surface area contributed by atoms with Crippen LogP contribution >= 0.6 is 12.1 Å². The van der Waals surface area contributed by atoms with Crippen LogP contribution in [-0.4, -0.2) is 53.9 Å². The Bertz CT molecular complexity index is 1190. The molecule has 0 fully saturated rings. The van der Waals surface area contributed by atoms with Gasteiger partial charge in [-0.05, 0) is 26.1 Å². The van der Waals surface area contributed by atoms with Crippen molar-refractivity contribution in [2.24, 2.45) is 7.05 Å². The third kappa shape index (κ3) is 3.60. The fraction of sp³-hybridized carbons (Fsp3) is 0.211. The molecule has 0 unspecified atom stereocenters. The number of aromatic nitrogens is 6. The fourth-order valence-electron chi connectivity index (χ4n) is 2.80. The van der Waals surface area contributed by atoms with E-state index in [1.54, 1.807) is 28.8 Å². The van der Waals surface area contributed by atoms with E-state index in [1.807, 2.05) is 60.3 Å². The molecule has 0 saturated heterocycles. The average molecular weight is 393 g/mol. The van der Waals surface area contributed by atoms with Crippen LogP contribution in [0.2, 0.25) is 0 Å². The molecule has 0 saturated carbocycles. The minimum atomic E-state index is 0.694. The first-order valence-corrected chi connectivity index (χ1v) is 9.22. The van der Waals surface area contributed by atoms with Gasteiger partial charge in [0, 0.05) is 42.7 Å². The van der Waals surface area contributed by atoms with Gasteiger partial charge in [-0.1, -0.05) is 5.92 Å². The number of aryl methyl sites for hydroxylation is 1. The van der Waals surface area contributed by atoms with Crippen molar-refractivity contribution in [3.63, 3.8) is 0 Å². The van der Waals surface area contributed by atoms with Crippen LogP contribution in [0.1, 0.15) is 11.3 Å². The summed E-state index contributed by atoms with van der Waals surface area (Å²) in [4.78, 5) is 4.32. The number of hydrogen-bond donors (Lipinski definition) is 0. The van der Waals surface area contributed by atoms with Crippen molar-refractivity contribution in [1.82, 2.24) is 32.7 Å². The Labute approximate surface area is 167 Å². The van der Waals surface area contributed by atoms with E-state index in [0.717, 1.165) is 22.2 Å². The number of ether oxygens (including phenoxy) is 1. The molecular weight excluding hydrogens is 374 g/mol. The minimum absolute atomic E-state index is 0.694. The summed E-state index contributed by atoms with van der Waals surface area (Å²) in [6, 6.07) is 1.97. The van der Waals surface area contributed by atoms with Crippen LogP contribution in [0.15, 0.2) is 43.4 Å². The van der Waals surface area contributed by atoms with Crippen LogP contribution in [-0.2, 0) is 7.05 Å². The molecule has 0 aromatic carbocycles. The monoisotopic (exact) mass is 393 g/mol. The highest BCUT2D eigenvalue weighted by atomic mass is 32.2. The molecule has 0 amide bonds. The Morgan fingerprint density at radius 2 is 1.93 bits per heavy atom. The molecule has 142 valence electrons. The van der Waals surface area contributed by atoms with Gasteiger partial charge in [-0.25, -0.2) is 13.8 Å². The van der Waals surface area contributed by atoms with Gasteiger partial charge in [0.2, 0.25) is 0 Å². The normalized spacial score (nSPS) is 11.0. The SMILES string of the molecule is COc1cc(-c2cnn(C)c2)cn2ncc(C#Cc3cn(SN(C)C)cn3)c12. The van der Waals surface area contributed by atoms with Crippen molar-refractivity contribution in [3.8, 4) is 28.7 Å². The number of hydrogen-bond acceptors (Lipinski definition) is 6. The van der Waals surface area contributed by atoms with Gasteiger partial charge in [0.15, 0.2) is 0 Å². The van der Waals surface area contributed by atoms with E-state index in [-0.39, 0.29) is 0 Å². The molecule has 0 radical (unpaired) electrons. The lowest BCUT2D eigenvalue weighted by molar-refractivity contribution is 0.417. The number of imidazole rings is 1. The van der Waals surface area contributed by atoms with Crippen molar-refractivity contribution >= 4 is 17.7 Å². The molecule has 28 heavy (non-hydrogen) atoms. The van der Waals surface area contributed by atoms with Gasteiger partial charge in [-0.3, -0.25) is 8.65 Å². The molecule has 0 aliphatic heterocycles. The van der Waals surface area contributed by atoms with Gasteiger partial charge in [0.1, 0.15) is 23.3 Å². The summed E-state index contributed by atoms with van der Waals surface area (Å²) in [5, 5.41) is 8.67.